The number of fused-ring (bicyclic) bond motifs is 1. The van der Waals surface area contributed by atoms with Gasteiger partial charge in [-0.05, 0) is 82.2 Å². The van der Waals surface area contributed by atoms with Gasteiger partial charge < -0.3 is 15.2 Å². The zero-order valence-electron chi connectivity index (χ0n) is 21.9. The molecule has 0 unspecified atom stereocenters. The molecule has 1 heterocycles. The summed E-state index contributed by atoms with van der Waals surface area (Å²) in [6, 6.07) is 8.66. The van der Waals surface area contributed by atoms with Crippen LogP contribution in [0.25, 0.3) is 11.3 Å². The monoisotopic (exact) mass is 553 g/mol. The van der Waals surface area contributed by atoms with E-state index in [4.69, 9.17) is 16.3 Å². The van der Waals surface area contributed by atoms with E-state index in [2.05, 4.69) is 10.4 Å². The maximum Gasteiger partial charge on any atom is 0.407 e. The molecule has 1 atom stereocenters. The first kappa shape index (κ1) is 26.9. The summed E-state index contributed by atoms with van der Waals surface area (Å²) in [6.07, 6.45) is 2.57. The van der Waals surface area contributed by atoms with Crippen LogP contribution in [0.3, 0.4) is 0 Å². The Hall–Kier alpha value is -3.72. The van der Waals surface area contributed by atoms with Crippen LogP contribution in [0.15, 0.2) is 36.4 Å². The molecule has 1 fully saturated rings. The lowest BCUT2D eigenvalue weighted by Crippen LogP contribution is -2.42. The molecule has 8 nitrogen and oxygen atoms in total. The Morgan fingerprint density at radius 3 is 2.54 bits per heavy atom. The number of aromatic nitrogens is 2. The molecule has 0 spiro atoms. The highest BCUT2D eigenvalue weighted by Gasteiger charge is 2.35. The van der Waals surface area contributed by atoms with E-state index in [-0.39, 0.29) is 35.2 Å². The van der Waals surface area contributed by atoms with Crippen molar-refractivity contribution in [1.29, 1.82) is 0 Å². The standard InChI is InChI=1S/C29H29ClFN3O5/c1-29(2,3)39-28(38)32-17-10-12-20-23(14-17)34(26(35)24-18(15-7-8-15)5-4-6-21(24)30)33-25(20)19-11-9-16(27(36)37)13-22(19)31/h4-6,9,11,13,15,17H,7-8,10,12,14H2,1-3H3,(H,32,38)(H,36,37)/t17-/m0/s1. The minimum atomic E-state index is -1.24. The van der Waals surface area contributed by atoms with E-state index in [1.165, 1.54) is 16.8 Å². The fourth-order valence-corrected chi connectivity index (χ4v) is 5.30. The average Bonchev–Trinajstić information content (AvgIpc) is 3.63. The number of nitrogens with one attached hydrogen (secondary N) is 1. The molecule has 1 aromatic heterocycles. The zero-order chi connectivity index (χ0) is 28.1. The number of carbonyl (C=O) groups is 3. The Morgan fingerprint density at radius 2 is 1.90 bits per heavy atom. The van der Waals surface area contributed by atoms with Crippen molar-refractivity contribution in [2.45, 2.75) is 70.4 Å². The summed E-state index contributed by atoms with van der Waals surface area (Å²) in [5.41, 5.74) is 1.95. The van der Waals surface area contributed by atoms with Gasteiger partial charge in [-0.1, -0.05) is 23.7 Å². The Balaban J connectivity index is 1.58. The zero-order valence-corrected chi connectivity index (χ0v) is 22.6. The summed E-state index contributed by atoms with van der Waals surface area (Å²) < 4.78 is 21.8. The van der Waals surface area contributed by atoms with E-state index >= 15 is 4.39 Å². The lowest BCUT2D eigenvalue weighted by Gasteiger charge is -2.26. The Kier molecular flexibility index (Phi) is 6.97. The number of rotatable bonds is 5. The molecule has 0 aliphatic heterocycles. The molecule has 10 heteroatoms. The van der Waals surface area contributed by atoms with Crippen molar-refractivity contribution in [3.63, 3.8) is 0 Å². The van der Waals surface area contributed by atoms with Gasteiger partial charge in [-0.3, -0.25) is 4.79 Å². The number of aromatic carboxylic acids is 1. The maximum absolute atomic E-state index is 15.2. The van der Waals surface area contributed by atoms with Crippen LogP contribution >= 0.6 is 11.6 Å². The van der Waals surface area contributed by atoms with Gasteiger partial charge in [-0.2, -0.15) is 9.78 Å². The lowest BCUT2D eigenvalue weighted by molar-refractivity contribution is 0.0499. The highest BCUT2D eigenvalue weighted by atomic mass is 35.5. The molecule has 39 heavy (non-hydrogen) atoms. The van der Waals surface area contributed by atoms with Crippen LogP contribution in [0.5, 0.6) is 0 Å². The minimum absolute atomic E-state index is 0.0999. The summed E-state index contributed by atoms with van der Waals surface area (Å²) in [5.74, 6) is -2.17. The number of nitrogens with zero attached hydrogens (tertiary/aromatic N) is 2. The number of carboxylic acid groups (broad SMARTS) is 1. The first-order chi connectivity index (χ1) is 18.4. The second-order valence-corrected chi connectivity index (χ2v) is 11.5. The van der Waals surface area contributed by atoms with E-state index < -0.39 is 29.4 Å². The van der Waals surface area contributed by atoms with Crippen LogP contribution in [-0.2, 0) is 17.6 Å². The van der Waals surface area contributed by atoms with Gasteiger partial charge in [0.15, 0.2) is 0 Å². The van der Waals surface area contributed by atoms with Gasteiger partial charge in [0.25, 0.3) is 5.91 Å². The molecule has 2 aliphatic rings. The van der Waals surface area contributed by atoms with Gasteiger partial charge >= 0.3 is 12.1 Å². The Labute approximate surface area is 230 Å². The molecule has 5 rings (SSSR count). The van der Waals surface area contributed by atoms with Crippen LogP contribution in [0.2, 0.25) is 5.02 Å². The highest BCUT2D eigenvalue weighted by Crippen LogP contribution is 2.44. The largest absolute Gasteiger partial charge is 0.478 e. The molecule has 3 aromatic rings. The number of alkyl carbamates (subject to hydrolysis) is 1. The van der Waals surface area contributed by atoms with Crippen molar-refractivity contribution in [2.75, 3.05) is 0 Å². The first-order valence-corrected chi connectivity index (χ1v) is 13.3. The quantitative estimate of drug-likeness (QED) is 0.401. The SMILES string of the molecule is CC(C)(C)OC(=O)N[C@H]1CCc2c(-c3ccc(C(=O)O)cc3F)nn(C(=O)c3c(Cl)cccc3C3CC3)c2C1. The predicted molar refractivity (Wildman–Crippen MR) is 143 cm³/mol. The van der Waals surface area contributed by atoms with E-state index in [0.717, 1.165) is 24.5 Å². The van der Waals surface area contributed by atoms with Crippen LogP contribution in [-0.4, -0.2) is 44.5 Å². The molecule has 1 saturated carbocycles. The van der Waals surface area contributed by atoms with Crippen molar-refractivity contribution < 1.29 is 28.6 Å². The van der Waals surface area contributed by atoms with Crippen molar-refractivity contribution in [2.24, 2.45) is 0 Å². The molecular formula is C29H29ClFN3O5. The first-order valence-electron chi connectivity index (χ1n) is 12.9. The van der Waals surface area contributed by atoms with E-state index in [1.807, 2.05) is 12.1 Å². The smallest absolute Gasteiger partial charge is 0.407 e. The molecule has 204 valence electrons. The molecule has 2 aliphatic carbocycles. The summed E-state index contributed by atoms with van der Waals surface area (Å²) in [6.45, 7) is 5.32. The average molecular weight is 554 g/mol. The van der Waals surface area contributed by atoms with Gasteiger partial charge in [0.05, 0.1) is 27.5 Å². The Bertz CT molecular complexity index is 1490. The maximum atomic E-state index is 15.2. The molecule has 1 amide bonds. The molecule has 2 aromatic carbocycles. The number of ether oxygens (including phenoxy) is 1. The fraction of sp³-hybridized carbons (Fsp3) is 0.379. The van der Waals surface area contributed by atoms with Crippen LogP contribution < -0.4 is 5.32 Å². The van der Waals surface area contributed by atoms with Crippen molar-refractivity contribution >= 4 is 29.6 Å². The van der Waals surface area contributed by atoms with Crippen LogP contribution in [0, 0.1) is 5.82 Å². The second-order valence-electron chi connectivity index (χ2n) is 11.1. The number of hydrogen-bond donors (Lipinski definition) is 2. The summed E-state index contributed by atoms with van der Waals surface area (Å²) in [4.78, 5) is 37.8. The third-order valence-electron chi connectivity index (χ3n) is 6.93. The number of benzene rings is 2. The third kappa shape index (κ3) is 5.54. The fourth-order valence-electron chi connectivity index (χ4n) is 5.04. The number of carboxylic acids is 1. The van der Waals surface area contributed by atoms with Crippen LogP contribution in [0.1, 0.15) is 83.5 Å². The van der Waals surface area contributed by atoms with Gasteiger partial charge in [0.1, 0.15) is 11.4 Å². The van der Waals surface area contributed by atoms with Crippen LogP contribution in [0.4, 0.5) is 9.18 Å². The predicted octanol–water partition coefficient (Wildman–Crippen LogP) is 5.99. The van der Waals surface area contributed by atoms with Gasteiger partial charge in [0, 0.05) is 23.6 Å². The number of amides is 1. The topological polar surface area (TPSA) is 111 Å². The van der Waals surface area contributed by atoms with E-state index in [1.54, 1.807) is 26.8 Å². The van der Waals surface area contributed by atoms with Gasteiger partial charge in [-0.25, -0.2) is 14.0 Å². The Morgan fingerprint density at radius 1 is 1.15 bits per heavy atom. The van der Waals surface area contributed by atoms with Gasteiger partial charge in [0.2, 0.25) is 0 Å². The van der Waals surface area contributed by atoms with Crippen molar-refractivity contribution in [1.82, 2.24) is 15.1 Å². The second kappa shape index (κ2) is 10.1. The highest BCUT2D eigenvalue weighted by molar-refractivity contribution is 6.34. The summed E-state index contributed by atoms with van der Waals surface area (Å²) in [5, 5.41) is 17.0. The van der Waals surface area contributed by atoms with Gasteiger partial charge in [-0.15, -0.1) is 0 Å². The number of hydrogen-bond acceptors (Lipinski definition) is 5. The molecule has 0 bridgehead atoms. The van der Waals surface area contributed by atoms with Crippen molar-refractivity contribution in [3.05, 3.63) is 75.2 Å². The summed E-state index contributed by atoms with van der Waals surface area (Å²) >= 11 is 6.53. The number of carbonyl (C=O) groups excluding carboxylic acids is 2. The third-order valence-corrected chi connectivity index (χ3v) is 7.25. The molecular weight excluding hydrogens is 525 g/mol. The molecule has 0 saturated heterocycles. The minimum Gasteiger partial charge on any atom is -0.478 e. The summed E-state index contributed by atoms with van der Waals surface area (Å²) in [7, 11) is 0. The molecule has 0 radical (unpaired) electrons. The van der Waals surface area contributed by atoms with E-state index in [0.29, 0.717) is 34.7 Å². The molecule has 2 N–H and O–H groups in total. The number of halogens is 2. The lowest BCUT2D eigenvalue weighted by atomic mass is 9.89. The normalized spacial score (nSPS) is 16.9. The van der Waals surface area contributed by atoms with E-state index in [9.17, 15) is 19.5 Å². The van der Waals surface area contributed by atoms with Crippen molar-refractivity contribution in [3.8, 4) is 11.3 Å².